The molecular formula is C22H34N4O4S. The van der Waals surface area contributed by atoms with Gasteiger partial charge in [-0.15, -0.1) is 5.10 Å². The fraction of sp³-hybridized carbons (Fsp3) is 0.818. The highest BCUT2D eigenvalue weighted by molar-refractivity contribution is 8.14. The van der Waals surface area contributed by atoms with E-state index in [0.717, 1.165) is 68.8 Å². The van der Waals surface area contributed by atoms with Crippen LogP contribution in [0.3, 0.4) is 0 Å². The maximum Gasteiger partial charge on any atom is 0.309 e. The summed E-state index contributed by atoms with van der Waals surface area (Å²) in [4.78, 5) is 41.0. The zero-order valence-corrected chi connectivity index (χ0v) is 19.0. The minimum atomic E-state index is -0.810. The minimum Gasteiger partial charge on any atom is -0.381 e. The standard InChI is InChI=1S/C22H34N4O4S/c27-19(21(29)24-25-22-26-11-5-8-17(26)14-31-22)18(15-9-12-30-13-10-15)23-20(28)16-6-3-1-2-4-7-16/h15-18H,1-14H2,(H,23,28)(H,24,29)/b25-22-/t17-,18+/m1/s1. The number of rotatable bonds is 6. The average molecular weight is 451 g/mol. The molecule has 0 radical (unpaired) electrons. The molecule has 3 saturated heterocycles. The van der Waals surface area contributed by atoms with Gasteiger partial charge in [0.25, 0.3) is 0 Å². The van der Waals surface area contributed by atoms with Gasteiger partial charge in [-0.25, -0.2) is 5.43 Å². The van der Waals surface area contributed by atoms with Gasteiger partial charge in [0, 0.05) is 37.5 Å². The summed E-state index contributed by atoms with van der Waals surface area (Å²) in [5.74, 6) is -0.601. The smallest absolute Gasteiger partial charge is 0.309 e. The summed E-state index contributed by atoms with van der Waals surface area (Å²) < 4.78 is 5.43. The van der Waals surface area contributed by atoms with E-state index < -0.39 is 17.7 Å². The summed E-state index contributed by atoms with van der Waals surface area (Å²) >= 11 is 1.62. The third-order valence-corrected chi connectivity index (χ3v) is 8.18. The minimum absolute atomic E-state index is 0.0667. The Labute approximate surface area is 188 Å². The number of ether oxygens (including phenoxy) is 1. The monoisotopic (exact) mass is 450 g/mol. The molecule has 172 valence electrons. The number of nitrogens with zero attached hydrogens (tertiary/aromatic N) is 2. The van der Waals surface area contributed by atoms with Crippen molar-refractivity contribution in [2.45, 2.75) is 76.3 Å². The molecule has 1 aliphatic carbocycles. The molecule has 0 aromatic carbocycles. The van der Waals surface area contributed by atoms with E-state index in [1.54, 1.807) is 11.8 Å². The lowest BCUT2D eigenvalue weighted by molar-refractivity contribution is -0.142. The van der Waals surface area contributed by atoms with E-state index in [2.05, 4.69) is 20.7 Å². The van der Waals surface area contributed by atoms with Gasteiger partial charge >= 0.3 is 5.91 Å². The van der Waals surface area contributed by atoms with Crippen LogP contribution < -0.4 is 10.7 Å². The van der Waals surface area contributed by atoms with Crippen LogP contribution >= 0.6 is 11.8 Å². The molecule has 9 heteroatoms. The zero-order chi connectivity index (χ0) is 21.6. The molecule has 2 atom stereocenters. The van der Waals surface area contributed by atoms with Crippen LogP contribution in [0.4, 0.5) is 0 Å². The van der Waals surface area contributed by atoms with Crippen molar-refractivity contribution < 1.29 is 19.1 Å². The van der Waals surface area contributed by atoms with Crippen LogP contribution in [0.25, 0.3) is 0 Å². The van der Waals surface area contributed by atoms with Gasteiger partial charge in [0.2, 0.25) is 11.7 Å². The summed E-state index contributed by atoms with van der Waals surface area (Å²) in [6, 6.07) is -0.319. The molecule has 31 heavy (non-hydrogen) atoms. The lowest BCUT2D eigenvalue weighted by atomic mass is 9.87. The van der Waals surface area contributed by atoms with E-state index in [0.29, 0.717) is 32.1 Å². The van der Waals surface area contributed by atoms with E-state index in [4.69, 9.17) is 4.74 Å². The second kappa shape index (κ2) is 10.8. The van der Waals surface area contributed by atoms with Gasteiger partial charge in [-0.3, -0.25) is 14.4 Å². The number of Topliss-reactive ketones (excluding diaryl/α,β-unsaturated/α-hetero) is 1. The number of carbonyl (C=O) groups excluding carboxylic acids is 3. The molecule has 0 unspecified atom stereocenters. The number of amidine groups is 1. The van der Waals surface area contributed by atoms with Gasteiger partial charge in [-0.05, 0) is 44.4 Å². The number of ketones is 1. The molecule has 3 heterocycles. The Morgan fingerprint density at radius 3 is 2.48 bits per heavy atom. The van der Waals surface area contributed by atoms with Crippen LogP contribution in [0.5, 0.6) is 0 Å². The number of hydrazone groups is 1. The normalized spacial score (nSPS) is 27.5. The number of nitrogens with one attached hydrogen (secondary N) is 2. The molecular weight excluding hydrogens is 416 g/mol. The van der Waals surface area contributed by atoms with Gasteiger partial charge in [0.15, 0.2) is 5.17 Å². The summed E-state index contributed by atoms with van der Waals surface area (Å²) in [6.07, 6.45) is 9.72. The number of amides is 2. The Hall–Kier alpha value is -1.61. The molecule has 2 N–H and O–H groups in total. The predicted molar refractivity (Wildman–Crippen MR) is 119 cm³/mol. The Balaban J connectivity index is 1.40. The lowest BCUT2D eigenvalue weighted by Gasteiger charge is -2.30. The van der Waals surface area contributed by atoms with E-state index >= 15 is 0 Å². The quantitative estimate of drug-likeness (QED) is 0.365. The second-order valence-electron chi connectivity index (χ2n) is 9.12. The number of hydrogen-bond donors (Lipinski definition) is 2. The van der Waals surface area contributed by atoms with Crippen LogP contribution in [0, 0.1) is 11.8 Å². The van der Waals surface area contributed by atoms with Crippen molar-refractivity contribution in [3.8, 4) is 0 Å². The van der Waals surface area contributed by atoms with Crippen molar-refractivity contribution in [3.63, 3.8) is 0 Å². The number of carbonyl (C=O) groups is 3. The van der Waals surface area contributed by atoms with Crippen molar-refractivity contribution in [3.05, 3.63) is 0 Å². The largest absolute Gasteiger partial charge is 0.381 e. The summed E-state index contributed by atoms with van der Waals surface area (Å²) in [5.41, 5.74) is 2.47. The van der Waals surface area contributed by atoms with E-state index in [9.17, 15) is 14.4 Å². The van der Waals surface area contributed by atoms with E-state index in [-0.39, 0.29) is 17.7 Å². The first-order chi connectivity index (χ1) is 15.1. The predicted octanol–water partition coefficient (Wildman–Crippen LogP) is 2.04. The summed E-state index contributed by atoms with van der Waals surface area (Å²) in [7, 11) is 0. The maximum absolute atomic E-state index is 13.1. The van der Waals surface area contributed by atoms with Gasteiger partial charge in [0.1, 0.15) is 6.04 Å². The van der Waals surface area contributed by atoms with Crippen LogP contribution in [-0.4, -0.2) is 65.3 Å². The van der Waals surface area contributed by atoms with Gasteiger partial charge in [-0.2, -0.15) is 0 Å². The fourth-order valence-corrected chi connectivity index (χ4v) is 6.37. The molecule has 0 bridgehead atoms. The highest BCUT2D eigenvalue weighted by Gasteiger charge is 2.37. The van der Waals surface area contributed by atoms with Crippen LogP contribution in [0.2, 0.25) is 0 Å². The van der Waals surface area contributed by atoms with E-state index in [1.165, 1.54) is 0 Å². The Bertz CT molecular complexity index is 702. The number of fused-ring (bicyclic) bond motifs is 1. The van der Waals surface area contributed by atoms with Crippen molar-refractivity contribution in [1.29, 1.82) is 0 Å². The summed E-state index contributed by atoms with van der Waals surface area (Å²) in [6.45, 7) is 2.04. The first-order valence-electron chi connectivity index (χ1n) is 11.8. The second-order valence-corrected chi connectivity index (χ2v) is 10.1. The fourth-order valence-electron chi connectivity index (χ4n) is 5.17. The third-order valence-electron chi connectivity index (χ3n) is 7.05. The highest BCUT2D eigenvalue weighted by atomic mass is 32.2. The van der Waals surface area contributed by atoms with Crippen LogP contribution in [0.15, 0.2) is 5.10 Å². The van der Waals surface area contributed by atoms with Crippen molar-refractivity contribution >= 4 is 34.5 Å². The molecule has 3 aliphatic heterocycles. The topological polar surface area (TPSA) is 100 Å². The molecule has 4 aliphatic rings. The van der Waals surface area contributed by atoms with Gasteiger partial charge < -0.3 is 15.0 Å². The SMILES string of the molecule is O=C(N/N=C1\SC[C@H]2CCCN12)C(=O)[C@@H](NC(=O)C1CCCCCC1)C1CCOCC1. The Morgan fingerprint density at radius 1 is 1.00 bits per heavy atom. The molecule has 8 nitrogen and oxygen atoms in total. The molecule has 0 aromatic heterocycles. The van der Waals surface area contributed by atoms with Crippen molar-refractivity contribution in [1.82, 2.24) is 15.6 Å². The maximum atomic E-state index is 13.1. The summed E-state index contributed by atoms with van der Waals surface area (Å²) in [5, 5.41) is 7.99. The van der Waals surface area contributed by atoms with Crippen molar-refractivity contribution in [2.75, 3.05) is 25.5 Å². The molecule has 4 rings (SSSR count). The average Bonchev–Trinajstić information content (AvgIpc) is 3.30. The van der Waals surface area contributed by atoms with Gasteiger partial charge in [0.05, 0.1) is 0 Å². The number of hydrogen-bond acceptors (Lipinski definition) is 6. The molecule has 4 fully saturated rings. The van der Waals surface area contributed by atoms with Crippen LogP contribution in [-0.2, 0) is 19.1 Å². The first kappa shape index (κ1) is 22.6. The lowest BCUT2D eigenvalue weighted by Crippen LogP contribution is -2.53. The molecule has 0 spiro atoms. The van der Waals surface area contributed by atoms with Crippen molar-refractivity contribution in [2.24, 2.45) is 16.9 Å². The molecule has 0 aromatic rings. The number of thioether (sulfide) groups is 1. The molecule has 1 saturated carbocycles. The van der Waals surface area contributed by atoms with Crippen LogP contribution in [0.1, 0.15) is 64.2 Å². The Kier molecular flexibility index (Phi) is 7.87. The molecule has 2 amide bonds. The van der Waals surface area contributed by atoms with E-state index in [1.807, 2.05) is 0 Å². The first-order valence-corrected chi connectivity index (χ1v) is 12.8. The zero-order valence-electron chi connectivity index (χ0n) is 18.1. The third kappa shape index (κ3) is 5.61. The Morgan fingerprint density at radius 2 is 1.74 bits per heavy atom. The highest BCUT2D eigenvalue weighted by Crippen LogP contribution is 2.31. The van der Waals surface area contributed by atoms with Gasteiger partial charge in [-0.1, -0.05) is 37.4 Å².